The highest BCUT2D eigenvalue weighted by molar-refractivity contribution is 7.11. The lowest BCUT2D eigenvalue weighted by Crippen LogP contribution is -2.10. The Hall–Kier alpha value is -3.43. The summed E-state index contributed by atoms with van der Waals surface area (Å²) in [4.78, 5) is 15.7. The molecule has 27 heavy (non-hydrogen) atoms. The first-order valence-electron chi connectivity index (χ1n) is 8.28. The molecule has 0 aliphatic carbocycles. The van der Waals surface area contributed by atoms with Crippen LogP contribution in [0.1, 0.15) is 26.5 Å². The summed E-state index contributed by atoms with van der Waals surface area (Å²) in [6.45, 7) is 4.14. The van der Waals surface area contributed by atoms with Crippen LogP contribution in [0.5, 0.6) is 0 Å². The van der Waals surface area contributed by atoms with Gasteiger partial charge in [0.15, 0.2) is 0 Å². The SMILES string of the molecule is Cc1ccc(-c2csc(C(C#N)=CNc3ccc(C(N)=O)cc3)n2)cc1C. The number of primary amides is 1. The molecule has 5 nitrogen and oxygen atoms in total. The topological polar surface area (TPSA) is 91.8 Å². The zero-order chi connectivity index (χ0) is 19.4. The van der Waals surface area contributed by atoms with E-state index in [-0.39, 0.29) is 0 Å². The molecule has 1 amide bonds. The van der Waals surface area contributed by atoms with Crippen LogP contribution in [0.2, 0.25) is 0 Å². The first kappa shape index (κ1) is 18.4. The maximum Gasteiger partial charge on any atom is 0.248 e. The maximum atomic E-state index is 11.1. The molecule has 134 valence electrons. The Kier molecular flexibility index (Phi) is 5.34. The first-order chi connectivity index (χ1) is 13.0. The average Bonchev–Trinajstić information content (AvgIpc) is 3.15. The summed E-state index contributed by atoms with van der Waals surface area (Å²) in [6, 6.07) is 15.1. The van der Waals surface area contributed by atoms with Crippen LogP contribution in [0.4, 0.5) is 5.69 Å². The van der Waals surface area contributed by atoms with Gasteiger partial charge in [-0.25, -0.2) is 4.98 Å². The number of thiazole rings is 1. The summed E-state index contributed by atoms with van der Waals surface area (Å²) in [5.41, 5.74) is 11.2. The van der Waals surface area contributed by atoms with Gasteiger partial charge < -0.3 is 11.1 Å². The normalized spacial score (nSPS) is 11.1. The minimum absolute atomic E-state index is 0.433. The Morgan fingerprint density at radius 1 is 1.19 bits per heavy atom. The Labute approximate surface area is 161 Å². The van der Waals surface area contributed by atoms with Gasteiger partial charge in [-0.2, -0.15) is 5.26 Å². The number of aromatic nitrogens is 1. The largest absolute Gasteiger partial charge is 0.366 e. The van der Waals surface area contributed by atoms with Crippen LogP contribution < -0.4 is 11.1 Å². The molecule has 0 aliphatic heterocycles. The Morgan fingerprint density at radius 2 is 1.93 bits per heavy atom. The molecule has 3 aromatic rings. The molecule has 0 atom stereocenters. The fourth-order valence-electron chi connectivity index (χ4n) is 2.46. The van der Waals surface area contributed by atoms with Crippen LogP contribution in [-0.4, -0.2) is 10.9 Å². The van der Waals surface area contributed by atoms with Crippen molar-refractivity contribution in [3.05, 3.63) is 75.7 Å². The van der Waals surface area contributed by atoms with Gasteiger partial charge >= 0.3 is 0 Å². The van der Waals surface area contributed by atoms with Gasteiger partial charge in [-0.05, 0) is 55.3 Å². The van der Waals surface area contributed by atoms with E-state index >= 15 is 0 Å². The lowest BCUT2D eigenvalue weighted by molar-refractivity contribution is 0.100. The van der Waals surface area contributed by atoms with Crippen LogP contribution in [0.15, 0.2) is 54.0 Å². The van der Waals surface area contributed by atoms with E-state index in [1.165, 1.54) is 22.5 Å². The van der Waals surface area contributed by atoms with Crippen LogP contribution in [0.25, 0.3) is 16.8 Å². The number of amides is 1. The van der Waals surface area contributed by atoms with E-state index in [9.17, 15) is 10.1 Å². The van der Waals surface area contributed by atoms with Crippen molar-refractivity contribution in [3.63, 3.8) is 0 Å². The second kappa shape index (κ2) is 7.85. The number of rotatable bonds is 5. The quantitative estimate of drug-likeness (QED) is 0.643. The second-order valence-corrected chi connectivity index (χ2v) is 6.95. The van der Waals surface area contributed by atoms with Gasteiger partial charge in [0, 0.05) is 28.4 Å². The highest BCUT2D eigenvalue weighted by atomic mass is 32.1. The van der Waals surface area contributed by atoms with Crippen LogP contribution in [-0.2, 0) is 0 Å². The summed E-state index contributed by atoms with van der Waals surface area (Å²) < 4.78 is 0. The third-order valence-electron chi connectivity index (χ3n) is 4.21. The number of nitrogens with one attached hydrogen (secondary N) is 1. The van der Waals surface area contributed by atoms with Gasteiger partial charge in [0.1, 0.15) is 16.6 Å². The minimum atomic E-state index is -0.475. The number of allylic oxidation sites excluding steroid dienone is 1. The molecular formula is C21H18N4OS. The molecule has 0 unspecified atom stereocenters. The predicted octanol–water partition coefficient (Wildman–Crippen LogP) is 4.50. The van der Waals surface area contributed by atoms with Crippen molar-refractivity contribution in [2.24, 2.45) is 5.73 Å². The van der Waals surface area contributed by atoms with Gasteiger partial charge in [0.05, 0.1) is 5.69 Å². The van der Waals surface area contributed by atoms with Gasteiger partial charge in [-0.3, -0.25) is 4.79 Å². The van der Waals surface area contributed by atoms with Crippen LogP contribution in [0, 0.1) is 25.2 Å². The smallest absolute Gasteiger partial charge is 0.248 e. The molecule has 1 heterocycles. The Balaban J connectivity index is 1.80. The number of hydrogen-bond acceptors (Lipinski definition) is 5. The lowest BCUT2D eigenvalue weighted by atomic mass is 10.1. The summed E-state index contributed by atoms with van der Waals surface area (Å²) >= 11 is 1.43. The predicted molar refractivity (Wildman–Crippen MR) is 109 cm³/mol. The number of aryl methyl sites for hydroxylation is 2. The second-order valence-electron chi connectivity index (χ2n) is 6.09. The number of benzene rings is 2. The van der Waals surface area contributed by atoms with Gasteiger partial charge in [-0.1, -0.05) is 12.1 Å². The molecule has 3 rings (SSSR count). The standard InChI is InChI=1S/C21H18N4OS/c1-13-3-4-16(9-14(13)2)19-12-27-21(25-19)17(10-22)11-24-18-7-5-15(6-8-18)20(23)26/h3-9,11-12,24H,1-2H3,(H2,23,26). The van der Waals surface area contributed by atoms with E-state index in [0.717, 1.165) is 16.9 Å². The van der Waals surface area contributed by atoms with Gasteiger partial charge in [-0.15, -0.1) is 11.3 Å². The van der Waals surface area contributed by atoms with Crippen molar-refractivity contribution >= 4 is 28.5 Å². The van der Waals surface area contributed by atoms with Crippen molar-refractivity contribution in [3.8, 4) is 17.3 Å². The Bertz CT molecular complexity index is 1060. The van der Waals surface area contributed by atoms with Gasteiger partial charge in [0.25, 0.3) is 0 Å². The monoisotopic (exact) mass is 374 g/mol. The highest BCUT2D eigenvalue weighted by Gasteiger charge is 2.10. The number of nitriles is 1. The van der Waals surface area contributed by atoms with Crippen molar-refractivity contribution in [2.45, 2.75) is 13.8 Å². The molecule has 0 bridgehead atoms. The Morgan fingerprint density at radius 3 is 2.56 bits per heavy atom. The summed E-state index contributed by atoms with van der Waals surface area (Å²) in [5.74, 6) is -0.475. The van der Waals surface area contributed by atoms with E-state index in [1.54, 1.807) is 30.5 Å². The zero-order valence-corrected chi connectivity index (χ0v) is 15.8. The molecule has 0 saturated heterocycles. The van der Waals surface area contributed by atoms with E-state index < -0.39 is 5.91 Å². The number of anilines is 1. The average molecular weight is 374 g/mol. The van der Waals surface area contributed by atoms with Crippen LogP contribution in [0.3, 0.4) is 0 Å². The number of hydrogen-bond donors (Lipinski definition) is 2. The van der Waals surface area contributed by atoms with E-state index in [2.05, 4.69) is 42.4 Å². The number of nitrogens with two attached hydrogens (primary N) is 1. The third kappa shape index (κ3) is 4.22. The zero-order valence-electron chi connectivity index (χ0n) is 15.0. The molecule has 1 aromatic heterocycles. The molecule has 0 spiro atoms. The molecular weight excluding hydrogens is 356 g/mol. The summed E-state index contributed by atoms with van der Waals surface area (Å²) in [7, 11) is 0. The fourth-order valence-corrected chi connectivity index (χ4v) is 3.25. The highest BCUT2D eigenvalue weighted by Crippen LogP contribution is 2.27. The van der Waals surface area contributed by atoms with Crippen LogP contribution >= 0.6 is 11.3 Å². The van der Waals surface area contributed by atoms with Crippen molar-refractivity contribution < 1.29 is 4.79 Å². The number of carbonyl (C=O) groups excluding carboxylic acids is 1. The van der Waals surface area contributed by atoms with E-state index in [1.807, 2.05) is 11.4 Å². The van der Waals surface area contributed by atoms with Crippen molar-refractivity contribution in [2.75, 3.05) is 5.32 Å². The lowest BCUT2D eigenvalue weighted by Gasteiger charge is -2.03. The molecule has 0 saturated carbocycles. The molecule has 0 radical (unpaired) electrons. The molecule has 3 N–H and O–H groups in total. The molecule has 2 aromatic carbocycles. The van der Waals surface area contributed by atoms with Gasteiger partial charge in [0.2, 0.25) is 5.91 Å². The first-order valence-corrected chi connectivity index (χ1v) is 9.16. The van der Waals surface area contributed by atoms with E-state index in [4.69, 9.17) is 5.73 Å². The number of nitrogens with zero attached hydrogens (tertiary/aromatic N) is 2. The molecule has 0 fully saturated rings. The summed E-state index contributed by atoms with van der Waals surface area (Å²) in [5, 5.41) is 15.1. The fraction of sp³-hybridized carbons (Fsp3) is 0.0952. The number of carbonyl (C=O) groups is 1. The van der Waals surface area contributed by atoms with Crippen molar-refractivity contribution in [1.29, 1.82) is 5.26 Å². The third-order valence-corrected chi connectivity index (χ3v) is 5.09. The minimum Gasteiger partial charge on any atom is -0.366 e. The molecule has 0 aliphatic rings. The van der Waals surface area contributed by atoms with E-state index in [0.29, 0.717) is 16.1 Å². The molecule has 6 heteroatoms. The van der Waals surface area contributed by atoms with Crippen molar-refractivity contribution in [1.82, 2.24) is 4.98 Å². The maximum absolute atomic E-state index is 11.1. The summed E-state index contributed by atoms with van der Waals surface area (Å²) in [6.07, 6.45) is 1.61.